The first-order valence-corrected chi connectivity index (χ1v) is 6.93. The van der Waals surface area contributed by atoms with Crippen molar-refractivity contribution in [3.8, 4) is 0 Å². The molecule has 0 aromatic carbocycles. The average Bonchev–Trinajstić information content (AvgIpc) is 1.85. The Balaban J connectivity index is 3.38. The second-order valence-electron chi connectivity index (χ2n) is 2.01. The van der Waals surface area contributed by atoms with Gasteiger partial charge in [0.25, 0.3) is 5.85 Å². The van der Waals surface area contributed by atoms with E-state index in [1.54, 1.807) is 0 Å². The number of ether oxygens (including phenoxy) is 1. The Morgan fingerprint density at radius 2 is 2.18 bits per heavy atom. The van der Waals surface area contributed by atoms with Gasteiger partial charge in [0.05, 0.1) is 12.9 Å². The quantitative estimate of drug-likeness (QED) is 0.396. The van der Waals surface area contributed by atoms with Crippen LogP contribution in [0.25, 0.3) is 0 Å². The Labute approximate surface area is 76.5 Å². The van der Waals surface area contributed by atoms with Crippen LogP contribution in [0, 0.1) is 0 Å². The number of halogens is 2. The molecule has 0 rings (SSSR count). The van der Waals surface area contributed by atoms with E-state index in [0.29, 0.717) is 6.61 Å². The molecule has 0 aliphatic carbocycles. The van der Waals surface area contributed by atoms with Gasteiger partial charge in [-0.3, -0.25) is 4.57 Å². The molecule has 0 saturated heterocycles. The first kappa shape index (κ1) is 11.4. The van der Waals surface area contributed by atoms with Crippen LogP contribution in [0.5, 0.6) is 0 Å². The van der Waals surface area contributed by atoms with Crippen LogP contribution < -0.4 is 0 Å². The van der Waals surface area contributed by atoms with Crippen LogP contribution in [-0.2, 0) is 9.30 Å². The van der Waals surface area contributed by atoms with E-state index in [9.17, 15) is 4.57 Å². The third-order valence-corrected chi connectivity index (χ3v) is 2.09. The Morgan fingerprint density at radius 3 is 2.64 bits per heavy atom. The summed E-state index contributed by atoms with van der Waals surface area (Å²) in [6.07, 6.45) is 3.32. The smallest absolute Gasteiger partial charge is 0.277 e. The predicted octanol–water partition coefficient (Wildman–Crippen LogP) is 3.95. The fourth-order valence-corrected chi connectivity index (χ4v) is 0.913. The third-order valence-electron chi connectivity index (χ3n) is 0.946. The van der Waals surface area contributed by atoms with Crippen molar-refractivity contribution in [2.45, 2.75) is 19.8 Å². The van der Waals surface area contributed by atoms with Gasteiger partial charge in [-0.25, -0.2) is 0 Å². The molecule has 0 saturated carbocycles. The second kappa shape index (κ2) is 5.93. The Bertz CT molecular complexity index is 164. The molecule has 0 aliphatic heterocycles. The van der Waals surface area contributed by atoms with E-state index in [4.69, 9.17) is 27.2 Å². The van der Waals surface area contributed by atoms with E-state index < -0.39 is 5.85 Å². The molecule has 0 N–H and O–H groups in total. The average molecular weight is 217 g/mol. The SMILES string of the molecule is CCCCO/C=C/P(=O)(Cl)Cl. The van der Waals surface area contributed by atoms with Gasteiger partial charge in [0, 0.05) is 5.82 Å². The lowest BCUT2D eigenvalue weighted by molar-refractivity contribution is 0.244. The third kappa shape index (κ3) is 10.4. The molecule has 66 valence electrons. The predicted molar refractivity (Wildman–Crippen MR) is 49.3 cm³/mol. The first-order chi connectivity index (χ1) is 5.06. The van der Waals surface area contributed by atoms with Gasteiger partial charge in [0.1, 0.15) is 0 Å². The normalized spacial score (nSPS) is 12.3. The summed E-state index contributed by atoms with van der Waals surface area (Å²) in [6, 6.07) is 0. The summed E-state index contributed by atoms with van der Waals surface area (Å²) in [5, 5.41) is 0. The topological polar surface area (TPSA) is 26.3 Å². The number of unbranched alkanes of at least 4 members (excludes halogenated alkanes) is 1. The number of rotatable bonds is 5. The molecule has 0 fully saturated rings. The fraction of sp³-hybridized carbons (Fsp3) is 0.667. The molecule has 0 atom stereocenters. The molecular weight excluding hydrogens is 206 g/mol. The molecule has 0 bridgehead atoms. The first-order valence-electron chi connectivity index (χ1n) is 3.34. The summed E-state index contributed by atoms with van der Waals surface area (Å²) in [6.45, 7) is 2.67. The summed E-state index contributed by atoms with van der Waals surface area (Å²) in [7, 11) is 0. The lowest BCUT2D eigenvalue weighted by Gasteiger charge is -1.97. The highest BCUT2D eigenvalue weighted by Gasteiger charge is 2.06. The maximum absolute atomic E-state index is 10.6. The fourth-order valence-electron chi connectivity index (χ4n) is 0.410. The Hall–Kier alpha value is 0.350. The van der Waals surface area contributed by atoms with Crippen LogP contribution in [0.3, 0.4) is 0 Å². The molecule has 11 heavy (non-hydrogen) atoms. The molecule has 0 aromatic rings. The van der Waals surface area contributed by atoms with E-state index in [1.807, 2.05) is 0 Å². The highest BCUT2D eigenvalue weighted by molar-refractivity contribution is 8.10. The lowest BCUT2D eigenvalue weighted by Crippen LogP contribution is -1.84. The van der Waals surface area contributed by atoms with Gasteiger partial charge in [-0.15, -0.1) is 0 Å². The lowest BCUT2D eigenvalue weighted by atomic mass is 10.4. The molecule has 0 aromatic heterocycles. The maximum Gasteiger partial charge on any atom is 0.277 e. The van der Waals surface area contributed by atoms with Crippen LogP contribution in [0.2, 0.25) is 0 Å². The molecule has 0 aliphatic rings. The van der Waals surface area contributed by atoms with E-state index in [2.05, 4.69) is 6.92 Å². The standard InChI is InChI=1S/C6H11Cl2O2P/c1-2-3-4-10-5-6-11(7,8)9/h5-6H,2-4H2,1H3/b6-5+. The largest absolute Gasteiger partial charge is 0.501 e. The highest BCUT2D eigenvalue weighted by atomic mass is 35.9. The van der Waals surface area contributed by atoms with Gasteiger partial charge < -0.3 is 4.74 Å². The van der Waals surface area contributed by atoms with Gasteiger partial charge >= 0.3 is 0 Å². The van der Waals surface area contributed by atoms with E-state index >= 15 is 0 Å². The monoisotopic (exact) mass is 216 g/mol. The zero-order valence-corrected chi connectivity index (χ0v) is 8.70. The summed E-state index contributed by atoms with van der Waals surface area (Å²) in [5.41, 5.74) is 0. The summed E-state index contributed by atoms with van der Waals surface area (Å²) < 4.78 is 15.5. The molecular formula is C6H11Cl2O2P. The number of hydrogen-bond acceptors (Lipinski definition) is 2. The van der Waals surface area contributed by atoms with Crippen molar-refractivity contribution in [3.05, 3.63) is 12.1 Å². The van der Waals surface area contributed by atoms with Gasteiger partial charge in [0.2, 0.25) is 0 Å². The Kier molecular flexibility index (Phi) is 6.12. The zero-order valence-electron chi connectivity index (χ0n) is 6.30. The van der Waals surface area contributed by atoms with Gasteiger partial charge in [0.15, 0.2) is 0 Å². The molecule has 5 heteroatoms. The van der Waals surface area contributed by atoms with Gasteiger partial charge in [-0.1, -0.05) is 13.3 Å². The van der Waals surface area contributed by atoms with Gasteiger partial charge in [-0.2, -0.15) is 0 Å². The molecule has 0 heterocycles. The molecule has 2 nitrogen and oxygen atoms in total. The maximum atomic E-state index is 10.6. The minimum atomic E-state index is -3.08. The molecule has 0 amide bonds. The Morgan fingerprint density at radius 1 is 1.55 bits per heavy atom. The van der Waals surface area contributed by atoms with Crippen molar-refractivity contribution >= 4 is 28.3 Å². The summed E-state index contributed by atoms with van der Waals surface area (Å²) >= 11 is 10.4. The molecule has 0 radical (unpaired) electrons. The van der Waals surface area contributed by atoms with Crippen LogP contribution in [-0.4, -0.2) is 6.61 Å². The zero-order chi connectivity index (χ0) is 8.74. The van der Waals surface area contributed by atoms with Crippen LogP contribution in [0.1, 0.15) is 19.8 Å². The minimum Gasteiger partial charge on any atom is -0.501 e. The van der Waals surface area contributed by atoms with E-state index in [0.717, 1.165) is 12.8 Å². The molecule has 0 spiro atoms. The van der Waals surface area contributed by atoms with Gasteiger partial charge in [-0.05, 0) is 28.9 Å². The van der Waals surface area contributed by atoms with Crippen molar-refractivity contribution in [2.24, 2.45) is 0 Å². The van der Waals surface area contributed by atoms with Crippen molar-refractivity contribution in [1.29, 1.82) is 0 Å². The van der Waals surface area contributed by atoms with Crippen LogP contribution >= 0.6 is 28.3 Å². The van der Waals surface area contributed by atoms with Crippen LogP contribution in [0.15, 0.2) is 12.1 Å². The van der Waals surface area contributed by atoms with E-state index in [1.165, 1.54) is 12.1 Å². The number of hydrogen-bond donors (Lipinski definition) is 0. The highest BCUT2D eigenvalue weighted by Crippen LogP contribution is 2.57. The summed E-state index contributed by atoms with van der Waals surface area (Å²) in [5.74, 6) is -1.90. The summed E-state index contributed by atoms with van der Waals surface area (Å²) in [4.78, 5) is 0. The van der Waals surface area contributed by atoms with Crippen molar-refractivity contribution in [3.63, 3.8) is 0 Å². The molecule has 0 unspecified atom stereocenters. The van der Waals surface area contributed by atoms with Crippen molar-refractivity contribution in [2.75, 3.05) is 6.61 Å². The second-order valence-corrected chi connectivity index (χ2v) is 6.85. The van der Waals surface area contributed by atoms with E-state index in [-0.39, 0.29) is 0 Å². The van der Waals surface area contributed by atoms with Crippen molar-refractivity contribution in [1.82, 2.24) is 0 Å². The van der Waals surface area contributed by atoms with Crippen molar-refractivity contribution < 1.29 is 9.30 Å². The minimum absolute atomic E-state index is 0.612. The van der Waals surface area contributed by atoms with Crippen LogP contribution in [0.4, 0.5) is 0 Å².